The molecule has 1 saturated heterocycles. The van der Waals surface area contributed by atoms with Crippen molar-refractivity contribution in [3.05, 3.63) is 0 Å². The summed E-state index contributed by atoms with van der Waals surface area (Å²) in [6.07, 6.45) is -0.0197. The molecule has 0 radical (unpaired) electrons. The van der Waals surface area contributed by atoms with Crippen molar-refractivity contribution >= 4 is 12.0 Å². The number of nitrogens with one attached hydrogen (secondary N) is 1. The third kappa shape index (κ3) is 3.58. The Morgan fingerprint density at radius 2 is 2.17 bits per heavy atom. The summed E-state index contributed by atoms with van der Waals surface area (Å²) in [4.78, 5) is 24.2. The molecule has 0 spiro atoms. The lowest BCUT2D eigenvalue weighted by Crippen LogP contribution is -2.47. The van der Waals surface area contributed by atoms with Crippen LogP contribution in [0.4, 0.5) is 4.79 Å². The number of likely N-dealkylation sites (tertiary alicyclic amines) is 1. The van der Waals surface area contributed by atoms with Gasteiger partial charge in [0, 0.05) is 33.7 Å². The number of methoxy groups -OCH3 is 2. The van der Waals surface area contributed by atoms with Crippen LogP contribution >= 0.6 is 0 Å². The van der Waals surface area contributed by atoms with Crippen molar-refractivity contribution in [1.29, 1.82) is 0 Å². The highest BCUT2D eigenvalue weighted by molar-refractivity contribution is 5.83. The second kappa shape index (κ2) is 6.55. The third-order valence-electron chi connectivity index (χ3n) is 3.09. The summed E-state index contributed by atoms with van der Waals surface area (Å²) in [5, 5.41) is 11.7. The number of amides is 2. The maximum atomic E-state index is 11.9. The number of aliphatic carboxylic acids is 1. The van der Waals surface area contributed by atoms with Gasteiger partial charge in [0.15, 0.2) is 0 Å². The van der Waals surface area contributed by atoms with Gasteiger partial charge >= 0.3 is 12.0 Å². The molecule has 0 bridgehead atoms. The maximum absolute atomic E-state index is 11.9. The average Bonchev–Trinajstić information content (AvgIpc) is 2.79. The lowest BCUT2D eigenvalue weighted by atomic mass is 10.2. The van der Waals surface area contributed by atoms with E-state index in [2.05, 4.69) is 5.32 Å². The molecule has 7 nitrogen and oxygen atoms in total. The highest BCUT2D eigenvalue weighted by Gasteiger charge is 2.39. The minimum absolute atomic E-state index is 0.113. The quantitative estimate of drug-likeness (QED) is 0.721. The van der Waals surface area contributed by atoms with Crippen LogP contribution in [0.15, 0.2) is 0 Å². The first kappa shape index (κ1) is 14.7. The minimum Gasteiger partial charge on any atom is -0.480 e. The first-order valence-electron chi connectivity index (χ1n) is 5.82. The van der Waals surface area contributed by atoms with Gasteiger partial charge in [-0.2, -0.15) is 0 Å². The van der Waals surface area contributed by atoms with E-state index < -0.39 is 18.0 Å². The van der Waals surface area contributed by atoms with Crippen molar-refractivity contribution in [3.8, 4) is 0 Å². The van der Waals surface area contributed by atoms with Crippen LogP contribution in [0.25, 0.3) is 0 Å². The van der Waals surface area contributed by atoms with Gasteiger partial charge < -0.3 is 24.8 Å². The van der Waals surface area contributed by atoms with Gasteiger partial charge in [-0.25, -0.2) is 9.59 Å². The van der Waals surface area contributed by atoms with E-state index in [0.29, 0.717) is 19.5 Å². The molecular weight excluding hydrogens is 240 g/mol. The number of carboxylic acid groups (broad SMARTS) is 1. The predicted molar refractivity (Wildman–Crippen MR) is 63.4 cm³/mol. The lowest BCUT2D eigenvalue weighted by Gasteiger charge is -2.22. The second-order valence-electron chi connectivity index (χ2n) is 4.33. The van der Waals surface area contributed by atoms with Crippen LogP contribution in [0.3, 0.4) is 0 Å². The normalized spacial score (nSPS) is 24.9. The molecule has 0 aromatic rings. The molecule has 1 heterocycles. The fourth-order valence-corrected chi connectivity index (χ4v) is 1.84. The largest absolute Gasteiger partial charge is 0.480 e. The first-order chi connectivity index (χ1) is 8.49. The lowest BCUT2D eigenvalue weighted by molar-refractivity contribution is -0.141. The van der Waals surface area contributed by atoms with Crippen molar-refractivity contribution < 1.29 is 24.2 Å². The Kier molecular flexibility index (Phi) is 5.36. The van der Waals surface area contributed by atoms with Crippen molar-refractivity contribution in [2.45, 2.75) is 31.6 Å². The van der Waals surface area contributed by atoms with Gasteiger partial charge in [0.1, 0.15) is 6.04 Å². The number of carboxylic acids is 1. The number of urea groups is 1. The summed E-state index contributed by atoms with van der Waals surface area (Å²) in [7, 11) is 3.06. The van der Waals surface area contributed by atoms with E-state index in [1.807, 2.05) is 6.92 Å². The Balaban J connectivity index is 2.56. The van der Waals surface area contributed by atoms with Gasteiger partial charge in [-0.15, -0.1) is 0 Å². The Bertz CT molecular complexity index is 310. The summed E-state index contributed by atoms with van der Waals surface area (Å²) in [5.74, 6) is -1.01. The topological polar surface area (TPSA) is 88.1 Å². The standard InChI is InChI=1S/C11H20N2O5/c1-7(17-2)5-12-11(16)13-6-8(18-3)4-9(13)10(14)15/h7-9H,4-6H2,1-3H3,(H,12,16)(H,14,15). The van der Waals surface area contributed by atoms with E-state index in [1.165, 1.54) is 12.0 Å². The molecule has 0 aliphatic carbocycles. The summed E-state index contributed by atoms with van der Waals surface area (Å²) < 4.78 is 10.1. The molecule has 2 N–H and O–H groups in total. The highest BCUT2D eigenvalue weighted by Crippen LogP contribution is 2.20. The number of hydrogen-bond donors (Lipinski definition) is 2. The number of rotatable bonds is 5. The van der Waals surface area contributed by atoms with E-state index in [0.717, 1.165) is 0 Å². The summed E-state index contributed by atoms with van der Waals surface area (Å²) in [5.41, 5.74) is 0. The van der Waals surface area contributed by atoms with Gasteiger partial charge in [-0.3, -0.25) is 0 Å². The zero-order valence-corrected chi connectivity index (χ0v) is 10.9. The van der Waals surface area contributed by atoms with Gasteiger partial charge in [0.25, 0.3) is 0 Å². The van der Waals surface area contributed by atoms with Crippen LogP contribution in [0.2, 0.25) is 0 Å². The fraction of sp³-hybridized carbons (Fsp3) is 0.818. The Labute approximate surface area is 106 Å². The van der Waals surface area contributed by atoms with E-state index in [1.54, 1.807) is 7.11 Å². The smallest absolute Gasteiger partial charge is 0.326 e. The SMILES string of the molecule is COC(C)CNC(=O)N1CC(OC)CC1C(=O)O. The molecule has 3 atom stereocenters. The molecule has 0 saturated carbocycles. The van der Waals surface area contributed by atoms with Crippen molar-refractivity contribution in [2.75, 3.05) is 27.3 Å². The van der Waals surface area contributed by atoms with Gasteiger partial charge in [0.2, 0.25) is 0 Å². The molecule has 18 heavy (non-hydrogen) atoms. The molecule has 7 heteroatoms. The molecular formula is C11H20N2O5. The molecule has 104 valence electrons. The number of carbonyl (C=O) groups excluding carboxylic acids is 1. The predicted octanol–water partition coefficient (Wildman–Crippen LogP) is -0.0952. The second-order valence-corrected chi connectivity index (χ2v) is 4.33. The van der Waals surface area contributed by atoms with Crippen LogP contribution in [0.5, 0.6) is 0 Å². The summed E-state index contributed by atoms with van der Waals surface area (Å²) in [6.45, 7) is 2.45. The molecule has 1 aliphatic rings. The average molecular weight is 260 g/mol. The van der Waals surface area contributed by atoms with Gasteiger partial charge in [-0.05, 0) is 6.92 Å². The van der Waals surface area contributed by atoms with E-state index in [4.69, 9.17) is 14.6 Å². The molecule has 1 aliphatic heterocycles. The summed E-state index contributed by atoms with van der Waals surface area (Å²) in [6, 6.07) is -1.22. The Morgan fingerprint density at radius 3 is 2.67 bits per heavy atom. The van der Waals surface area contributed by atoms with Gasteiger partial charge in [-0.1, -0.05) is 0 Å². The number of carbonyl (C=O) groups is 2. The van der Waals surface area contributed by atoms with Crippen LogP contribution in [-0.4, -0.2) is 67.6 Å². The third-order valence-corrected chi connectivity index (χ3v) is 3.09. The number of hydrogen-bond acceptors (Lipinski definition) is 4. The van der Waals surface area contributed by atoms with E-state index >= 15 is 0 Å². The fourth-order valence-electron chi connectivity index (χ4n) is 1.84. The summed E-state index contributed by atoms with van der Waals surface area (Å²) >= 11 is 0. The first-order valence-corrected chi connectivity index (χ1v) is 5.82. The molecule has 1 rings (SSSR count). The van der Waals surface area contributed by atoms with Crippen molar-refractivity contribution in [3.63, 3.8) is 0 Å². The molecule has 2 amide bonds. The Morgan fingerprint density at radius 1 is 1.50 bits per heavy atom. The van der Waals surface area contributed by atoms with Crippen LogP contribution < -0.4 is 5.32 Å². The van der Waals surface area contributed by atoms with Crippen LogP contribution in [0, 0.1) is 0 Å². The van der Waals surface area contributed by atoms with Crippen LogP contribution in [-0.2, 0) is 14.3 Å². The Hall–Kier alpha value is -1.34. The van der Waals surface area contributed by atoms with Crippen molar-refractivity contribution in [1.82, 2.24) is 10.2 Å². The zero-order chi connectivity index (χ0) is 13.7. The van der Waals surface area contributed by atoms with Gasteiger partial charge in [0.05, 0.1) is 12.2 Å². The number of nitrogens with zero attached hydrogens (tertiary/aromatic N) is 1. The highest BCUT2D eigenvalue weighted by atomic mass is 16.5. The minimum atomic E-state index is -1.01. The number of ether oxygens (including phenoxy) is 2. The molecule has 3 unspecified atom stereocenters. The van der Waals surface area contributed by atoms with Crippen LogP contribution in [0.1, 0.15) is 13.3 Å². The van der Waals surface area contributed by atoms with Crippen molar-refractivity contribution in [2.24, 2.45) is 0 Å². The molecule has 0 aromatic carbocycles. The monoisotopic (exact) mass is 260 g/mol. The zero-order valence-electron chi connectivity index (χ0n) is 10.9. The van der Waals surface area contributed by atoms with E-state index in [-0.39, 0.29) is 12.2 Å². The molecule has 1 fully saturated rings. The molecule has 0 aromatic heterocycles. The maximum Gasteiger partial charge on any atom is 0.326 e. The van der Waals surface area contributed by atoms with E-state index in [9.17, 15) is 9.59 Å².